The van der Waals surface area contributed by atoms with E-state index < -0.39 is 74.6 Å². The zero-order valence-corrected chi connectivity index (χ0v) is 13.5. The van der Waals surface area contributed by atoms with E-state index in [-0.39, 0.29) is 16.4 Å². The highest BCUT2D eigenvalue weighted by Crippen LogP contribution is 2.33. The van der Waals surface area contributed by atoms with Gasteiger partial charge in [-0.05, 0) is 0 Å². The van der Waals surface area contributed by atoms with E-state index in [9.17, 15) is 30.6 Å². The van der Waals surface area contributed by atoms with E-state index in [1.807, 2.05) is 0 Å². The summed E-state index contributed by atoms with van der Waals surface area (Å²) in [4.78, 5) is 0. The molecule has 0 spiro atoms. The third-order valence-electron chi connectivity index (χ3n) is 4.04. The molecule has 0 aliphatic carbocycles. The predicted molar refractivity (Wildman–Crippen MR) is 79.5 cm³/mol. The number of hydrogen-bond donors (Lipinski definition) is 8. The van der Waals surface area contributed by atoms with Gasteiger partial charge in [-0.15, -0.1) is 0 Å². The molecule has 14 heteroatoms. The molecule has 0 bridgehead atoms. The zero-order chi connectivity index (χ0) is 17.4. The van der Waals surface area contributed by atoms with Crippen LogP contribution in [-0.2, 0) is 14.2 Å². The largest absolute Gasteiger partial charge is 0.412 e. The first-order chi connectivity index (χ1) is 10.8. The van der Waals surface area contributed by atoms with Crippen molar-refractivity contribution in [2.24, 2.45) is 0 Å². The van der Waals surface area contributed by atoms with Gasteiger partial charge in [-0.3, -0.25) is 0 Å². The Labute approximate surface area is 147 Å². The molecule has 0 radical (unpaired) electrons. The second kappa shape index (κ2) is 10.7. The Bertz CT molecular complexity index is 396. The average Bonchev–Trinajstić information content (AvgIpc) is 2.80. The topological polar surface area (TPSA) is 284 Å². The van der Waals surface area contributed by atoms with Crippen LogP contribution < -0.4 is 0 Å². The first-order valence-electron chi connectivity index (χ1n) is 7.05. The van der Waals surface area contributed by atoms with Crippen molar-refractivity contribution in [1.82, 2.24) is 0 Å². The lowest BCUT2D eigenvalue weighted by molar-refractivity contribution is -0.318. The van der Waals surface area contributed by atoms with Crippen molar-refractivity contribution in [2.45, 2.75) is 54.8 Å². The second-order valence-corrected chi connectivity index (χ2v) is 5.58. The quantitative estimate of drug-likeness (QED) is 0.216. The minimum absolute atomic E-state index is 0. The van der Waals surface area contributed by atoms with Crippen LogP contribution >= 0.6 is 0 Å². The van der Waals surface area contributed by atoms with Gasteiger partial charge < -0.3 is 71.5 Å². The van der Waals surface area contributed by atoms with Gasteiger partial charge in [-0.1, -0.05) is 0 Å². The molecular formula is C12H28O14. The summed E-state index contributed by atoms with van der Waals surface area (Å²) in [7, 11) is 0. The number of ether oxygens (including phenoxy) is 3. The van der Waals surface area contributed by atoms with E-state index >= 15 is 0 Å². The number of hydrogen-bond acceptors (Lipinski definition) is 11. The van der Waals surface area contributed by atoms with Crippen molar-refractivity contribution >= 4 is 0 Å². The molecule has 26 heavy (non-hydrogen) atoms. The third kappa shape index (κ3) is 4.83. The zero-order valence-electron chi connectivity index (χ0n) is 13.5. The highest BCUT2D eigenvalue weighted by Gasteiger charge is 2.56. The smallest absolute Gasteiger partial charge is 0.219 e. The Morgan fingerprint density at radius 1 is 0.808 bits per heavy atom. The van der Waals surface area contributed by atoms with Crippen molar-refractivity contribution in [3.05, 3.63) is 0 Å². The maximum atomic E-state index is 10.00. The number of rotatable bonds is 5. The Balaban J connectivity index is 0. The molecule has 2 rings (SSSR count). The standard InChI is InChI=1S/C12H22O11.3H2O/c13-1-4-6(16)7(17)8(18)11(21-4)22-9-5(2-14)23-12(20,3-15)10(9)19;;;/h4-11,13-20H,1-3H2;3*1H2/t4-,5-,6+,7+,8-,9-,10+,11?,12-;;;/m1.../s1. The molecule has 0 saturated carbocycles. The molecule has 2 fully saturated rings. The molecule has 14 nitrogen and oxygen atoms in total. The molecule has 9 atom stereocenters. The molecular weight excluding hydrogens is 368 g/mol. The lowest BCUT2D eigenvalue weighted by Gasteiger charge is -2.41. The average molecular weight is 396 g/mol. The van der Waals surface area contributed by atoms with Crippen LogP contribution in [0.3, 0.4) is 0 Å². The first kappa shape index (κ1) is 27.7. The van der Waals surface area contributed by atoms with Crippen LogP contribution in [-0.4, -0.2) is 132 Å². The highest BCUT2D eigenvalue weighted by molar-refractivity contribution is 4.98. The molecule has 2 heterocycles. The van der Waals surface area contributed by atoms with Crippen LogP contribution in [0.2, 0.25) is 0 Å². The van der Waals surface area contributed by atoms with E-state index in [1.165, 1.54) is 0 Å². The fourth-order valence-corrected chi connectivity index (χ4v) is 2.63. The van der Waals surface area contributed by atoms with Gasteiger partial charge in [-0.25, -0.2) is 0 Å². The van der Waals surface area contributed by atoms with Crippen LogP contribution in [0.15, 0.2) is 0 Å². The van der Waals surface area contributed by atoms with Crippen LogP contribution in [0.5, 0.6) is 0 Å². The summed E-state index contributed by atoms with van der Waals surface area (Å²) >= 11 is 0. The SMILES string of the molecule is O.O.O.OC[C@H]1OC(O[C@@H]2[C@@H](CO)O[C@](O)(CO)[C@H]2O)[C@H](O)[C@@H](O)[C@H]1O. The van der Waals surface area contributed by atoms with E-state index in [0.717, 1.165) is 0 Å². The summed E-state index contributed by atoms with van der Waals surface area (Å²) in [5.74, 6) is -2.37. The van der Waals surface area contributed by atoms with E-state index in [4.69, 9.17) is 24.4 Å². The molecule has 160 valence electrons. The van der Waals surface area contributed by atoms with Crippen molar-refractivity contribution in [1.29, 1.82) is 0 Å². The van der Waals surface area contributed by atoms with E-state index in [0.29, 0.717) is 0 Å². The number of aliphatic hydroxyl groups excluding tert-OH is 7. The molecule has 0 aromatic carbocycles. The monoisotopic (exact) mass is 396 g/mol. The fraction of sp³-hybridized carbons (Fsp3) is 1.00. The van der Waals surface area contributed by atoms with Crippen LogP contribution in [0, 0.1) is 0 Å². The Hall–Kier alpha value is -0.560. The summed E-state index contributed by atoms with van der Waals surface area (Å²) in [6.07, 6.45) is -12.2. The van der Waals surface area contributed by atoms with E-state index in [2.05, 4.69) is 0 Å². The van der Waals surface area contributed by atoms with Gasteiger partial charge in [0.2, 0.25) is 5.79 Å². The highest BCUT2D eigenvalue weighted by atomic mass is 16.7. The molecule has 2 aliphatic heterocycles. The van der Waals surface area contributed by atoms with Gasteiger partial charge in [0.15, 0.2) is 6.29 Å². The normalized spacial score (nSPS) is 45.2. The molecule has 0 aromatic heterocycles. The van der Waals surface area contributed by atoms with Gasteiger partial charge >= 0.3 is 0 Å². The molecule has 0 aromatic rings. The lowest BCUT2D eigenvalue weighted by atomic mass is 9.99. The lowest BCUT2D eigenvalue weighted by Crippen LogP contribution is -2.60. The maximum Gasteiger partial charge on any atom is 0.219 e. The van der Waals surface area contributed by atoms with Gasteiger partial charge in [-0.2, -0.15) is 0 Å². The third-order valence-corrected chi connectivity index (χ3v) is 4.04. The van der Waals surface area contributed by atoms with Crippen LogP contribution in [0.4, 0.5) is 0 Å². The van der Waals surface area contributed by atoms with Crippen LogP contribution in [0.1, 0.15) is 0 Å². The van der Waals surface area contributed by atoms with E-state index in [1.54, 1.807) is 0 Å². The van der Waals surface area contributed by atoms with Gasteiger partial charge in [0.05, 0.1) is 19.8 Å². The minimum atomic E-state index is -2.37. The summed E-state index contributed by atoms with van der Waals surface area (Å²) in [5, 5.41) is 76.5. The van der Waals surface area contributed by atoms with Crippen molar-refractivity contribution in [3.63, 3.8) is 0 Å². The number of aliphatic hydroxyl groups is 8. The minimum Gasteiger partial charge on any atom is -0.412 e. The molecule has 2 aliphatic rings. The van der Waals surface area contributed by atoms with Gasteiger partial charge in [0.25, 0.3) is 0 Å². The second-order valence-electron chi connectivity index (χ2n) is 5.58. The summed E-state index contributed by atoms with van der Waals surface area (Å²) in [5.41, 5.74) is 0. The van der Waals surface area contributed by atoms with Crippen LogP contribution in [0.25, 0.3) is 0 Å². The van der Waals surface area contributed by atoms with Crippen molar-refractivity contribution < 1.29 is 71.5 Å². The molecule has 14 N–H and O–H groups in total. The maximum absolute atomic E-state index is 10.00. The Morgan fingerprint density at radius 3 is 1.81 bits per heavy atom. The Morgan fingerprint density at radius 2 is 1.35 bits per heavy atom. The Kier molecular flexibility index (Phi) is 11.4. The predicted octanol–water partition coefficient (Wildman–Crippen LogP) is -7.87. The first-order valence-corrected chi connectivity index (χ1v) is 7.05. The summed E-state index contributed by atoms with van der Waals surface area (Å²) < 4.78 is 15.3. The summed E-state index contributed by atoms with van der Waals surface area (Å²) in [6, 6.07) is 0. The molecule has 2 saturated heterocycles. The van der Waals surface area contributed by atoms with Crippen molar-refractivity contribution in [3.8, 4) is 0 Å². The fourth-order valence-electron chi connectivity index (χ4n) is 2.63. The van der Waals surface area contributed by atoms with Gasteiger partial charge in [0, 0.05) is 0 Å². The van der Waals surface area contributed by atoms with Crippen molar-refractivity contribution in [2.75, 3.05) is 19.8 Å². The molecule has 0 amide bonds. The molecule has 1 unspecified atom stereocenters. The van der Waals surface area contributed by atoms with Gasteiger partial charge in [0.1, 0.15) is 42.7 Å². The summed E-state index contributed by atoms with van der Waals surface area (Å²) in [6.45, 7) is -2.32.